The molecule has 2 nitrogen and oxygen atoms in total. The second kappa shape index (κ2) is 5.16. The zero-order valence-corrected chi connectivity index (χ0v) is 9.34. The Balaban J connectivity index is 3.01. The van der Waals surface area contributed by atoms with Gasteiger partial charge in [0.2, 0.25) is 0 Å². The van der Waals surface area contributed by atoms with Crippen molar-refractivity contribution >= 4 is 5.78 Å². The fourth-order valence-corrected chi connectivity index (χ4v) is 1.64. The smallest absolute Gasteiger partial charge is 0.159 e. The lowest BCUT2D eigenvalue weighted by atomic mass is 9.89. The number of nitrogens with two attached hydrogens (primary N) is 1. The van der Waals surface area contributed by atoms with Crippen LogP contribution in [0.3, 0.4) is 0 Å². The molecular weight excluding hydrogens is 212 g/mol. The number of carbonyl (C=O) groups is 1. The summed E-state index contributed by atoms with van der Waals surface area (Å²) >= 11 is 0. The lowest BCUT2D eigenvalue weighted by Gasteiger charge is -2.16. The van der Waals surface area contributed by atoms with Gasteiger partial charge in [-0.25, -0.2) is 8.78 Å². The normalized spacial score (nSPS) is 14.6. The first-order valence-corrected chi connectivity index (χ1v) is 5.12. The highest BCUT2D eigenvalue weighted by molar-refractivity contribution is 5.83. The Hall–Kier alpha value is -1.29. The minimum Gasteiger partial charge on any atom is -0.328 e. The molecule has 4 heteroatoms. The van der Waals surface area contributed by atoms with Gasteiger partial charge in [0.15, 0.2) is 11.6 Å². The summed E-state index contributed by atoms with van der Waals surface area (Å²) in [6, 6.07) is 3.35. The fraction of sp³-hybridized carbons (Fsp3) is 0.417. The van der Waals surface area contributed by atoms with Gasteiger partial charge in [0.1, 0.15) is 5.78 Å². The van der Waals surface area contributed by atoms with E-state index < -0.39 is 17.6 Å². The van der Waals surface area contributed by atoms with E-state index in [-0.39, 0.29) is 11.8 Å². The maximum atomic E-state index is 13.0. The van der Waals surface area contributed by atoms with Crippen molar-refractivity contribution in [3.8, 4) is 0 Å². The van der Waals surface area contributed by atoms with E-state index in [1.165, 1.54) is 13.0 Å². The van der Waals surface area contributed by atoms with Crippen LogP contribution < -0.4 is 5.73 Å². The van der Waals surface area contributed by atoms with Gasteiger partial charge < -0.3 is 5.73 Å². The lowest BCUT2D eigenvalue weighted by Crippen LogP contribution is -2.22. The standard InChI is InChI=1S/C12H15F2NO/c1-7(15)5-10(8(2)16)9-3-4-11(13)12(14)6-9/h3-4,6-7,10H,5,15H2,1-2H3. The first kappa shape index (κ1) is 12.8. The Morgan fingerprint density at radius 3 is 2.44 bits per heavy atom. The molecule has 0 saturated heterocycles. The van der Waals surface area contributed by atoms with Crippen LogP contribution in [-0.4, -0.2) is 11.8 Å². The summed E-state index contributed by atoms with van der Waals surface area (Å²) in [5.41, 5.74) is 6.09. The average molecular weight is 227 g/mol. The molecule has 2 atom stereocenters. The Kier molecular flexibility index (Phi) is 4.12. The fourth-order valence-electron chi connectivity index (χ4n) is 1.64. The van der Waals surface area contributed by atoms with E-state index >= 15 is 0 Å². The quantitative estimate of drug-likeness (QED) is 0.858. The van der Waals surface area contributed by atoms with Crippen LogP contribution in [0.5, 0.6) is 0 Å². The SMILES string of the molecule is CC(=O)C(CC(C)N)c1ccc(F)c(F)c1. The predicted octanol–water partition coefficient (Wildman–Crippen LogP) is 2.37. The topological polar surface area (TPSA) is 43.1 Å². The van der Waals surface area contributed by atoms with Crippen LogP contribution in [0, 0.1) is 11.6 Å². The highest BCUT2D eigenvalue weighted by Crippen LogP contribution is 2.23. The summed E-state index contributed by atoms with van der Waals surface area (Å²) in [7, 11) is 0. The Labute approximate surface area is 93.5 Å². The molecule has 0 aliphatic rings. The molecule has 2 unspecified atom stereocenters. The predicted molar refractivity (Wildman–Crippen MR) is 58.0 cm³/mol. The number of hydrogen-bond acceptors (Lipinski definition) is 2. The van der Waals surface area contributed by atoms with Crippen LogP contribution in [0.1, 0.15) is 31.7 Å². The summed E-state index contributed by atoms with van der Waals surface area (Å²) < 4.78 is 25.8. The summed E-state index contributed by atoms with van der Waals surface area (Å²) in [4.78, 5) is 11.4. The Morgan fingerprint density at radius 2 is 2.00 bits per heavy atom. The van der Waals surface area contributed by atoms with Gasteiger partial charge in [-0.2, -0.15) is 0 Å². The minimum absolute atomic E-state index is 0.0942. The molecule has 0 aromatic heterocycles. The molecule has 0 heterocycles. The van der Waals surface area contributed by atoms with Gasteiger partial charge in [0, 0.05) is 12.0 Å². The van der Waals surface area contributed by atoms with Crippen molar-refractivity contribution in [3.05, 3.63) is 35.4 Å². The summed E-state index contributed by atoms with van der Waals surface area (Å²) in [6.07, 6.45) is 0.431. The van der Waals surface area contributed by atoms with Crippen molar-refractivity contribution < 1.29 is 13.6 Å². The molecule has 2 N–H and O–H groups in total. The highest BCUT2D eigenvalue weighted by Gasteiger charge is 2.19. The van der Waals surface area contributed by atoms with Gasteiger partial charge in [-0.15, -0.1) is 0 Å². The average Bonchev–Trinajstić information content (AvgIpc) is 2.18. The second-order valence-electron chi connectivity index (χ2n) is 4.05. The molecule has 1 rings (SSSR count). The largest absolute Gasteiger partial charge is 0.328 e. The zero-order chi connectivity index (χ0) is 12.3. The van der Waals surface area contributed by atoms with E-state index in [2.05, 4.69) is 0 Å². The van der Waals surface area contributed by atoms with Crippen LogP contribution >= 0.6 is 0 Å². The molecule has 1 aromatic carbocycles. The molecule has 0 aliphatic carbocycles. The number of ketones is 1. The molecule has 0 radical (unpaired) electrons. The molecule has 88 valence electrons. The first-order valence-electron chi connectivity index (χ1n) is 5.12. The third-order valence-corrected chi connectivity index (χ3v) is 2.44. The number of hydrogen-bond donors (Lipinski definition) is 1. The van der Waals surface area contributed by atoms with Gasteiger partial charge in [-0.3, -0.25) is 4.79 Å². The Bertz CT molecular complexity index is 391. The summed E-state index contributed by atoms with van der Waals surface area (Å²) in [5, 5.41) is 0. The maximum absolute atomic E-state index is 13.0. The van der Waals surface area contributed by atoms with Crippen molar-refractivity contribution in [1.82, 2.24) is 0 Å². The van der Waals surface area contributed by atoms with Crippen molar-refractivity contribution in [2.45, 2.75) is 32.2 Å². The molecule has 16 heavy (non-hydrogen) atoms. The van der Waals surface area contributed by atoms with Crippen molar-refractivity contribution in [2.24, 2.45) is 5.73 Å². The lowest BCUT2D eigenvalue weighted by molar-refractivity contribution is -0.118. The number of rotatable bonds is 4. The molecule has 1 aromatic rings. The minimum atomic E-state index is -0.937. The molecule has 0 saturated carbocycles. The van der Waals surface area contributed by atoms with Crippen LogP contribution in [-0.2, 0) is 4.79 Å². The van der Waals surface area contributed by atoms with Gasteiger partial charge in [-0.05, 0) is 38.0 Å². The van der Waals surface area contributed by atoms with Crippen LogP contribution in [0.15, 0.2) is 18.2 Å². The van der Waals surface area contributed by atoms with Crippen molar-refractivity contribution in [2.75, 3.05) is 0 Å². The van der Waals surface area contributed by atoms with E-state index in [1.54, 1.807) is 6.92 Å². The Morgan fingerprint density at radius 1 is 1.38 bits per heavy atom. The van der Waals surface area contributed by atoms with Gasteiger partial charge in [0.25, 0.3) is 0 Å². The third kappa shape index (κ3) is 3.10. The zero-order valence-electron chi connectivity index (χ0n) is 9.34. The number of benzene rings is 1. The van der Waals surface area contributed by atoms with E-state index in [0.29, 0.717) is 12.0 Å². The molecule has 0 fully saturated rings. The van der Waals surface area contributed by atoms with Crippen LogP contribution in [0.4, 0.5) is 8.78 Å². The number of carbonyl (C=O) groups excluding carboxylic acids is 1. The van der Waals surface area contributed by atoms with E-state index in [9.17, 15) is 13.6 Å². The second-order valence-corrected chi connectivity index (χ2v) is 4.05. The highest BCUT2D eigenvalue weighted by atomic mass is 19.2. The first-order chi connectivity index (χ1) is 7.41. The van der Waals surface area contributed by atoms with Gasteiger partial charge >= 0.3 is 0 Å². The van der Waals surface area contributed by atoms with Crippen molar-refractivity contribution in [3.63, 3.8) is 0 Å². The monoisotopic (exact) mass is 227 g/mol. The molecule has 0 spiro atoms. The summed E-state index contributed by atoms with van der Waals surface area (Å²) in [5.74, 6) is -2.40. The van der Waals surface area contributed by atoms with Crippen LogP contribution in [0.25, 0.3) is 0 Å². The number of Topliss-reactive ketones (excluding diaryl/α,β-unsaturated/α-hetero) is 1. The third-order valence-electron chi connectivity index (χ3n) is 2.44. The van der Waals surface area contributed by atoms with E-state index in [4.69, 9.17) is 5.73 Å². The molecular formula is C12H15F2NO. The molecule has 0 aliphatic heterocycles. The van der Waals surface area contributed by atoms with E-state index in [0.717, 1.165) is 12.1 Å². The van der Waals surface area contributed by atoms with Crippen molar-refractivity contribution in [1.29, 1.82) is 0 Å². The van der Waals surface area contributed by atoms with E-state index in [1.807, 2.05) is 0 Å². The van der Waals surface area contributed by atoms with Gasteiger partial charge in [-0.1, -0.05) is 6.07 Å². The molecule has 0 bridgehead atoms. The number of halogens is 2. The van der Waals surface area contributed by atoms with Gasteiger partial charge in [0.05, 0.1) is 0 Å². The molecule has 0 amide bonds. The maximum Gasteiger partial charge on any atom is 0.159 e. The summed E-state index contributed by atoms with van der Waals surface area (Å²) in [6.45, 7) is 3.20. The van der Waals surface area contributed by atoms with Crippen LogP contribution in [0.2, 0.25) is 0 Å².